The Bertz CT molecular complexity index is 658. The molecular weight excluding hydrogens is 305 g/mol. The van der Waals surface area contributed by atoms with Crippen LogP contribution in [0.1, 0.15) is 11.3 Å². The van der Waals surface area contributed by atoms with Crippen molar-refractivity contribution in [1.82, 2.24) is 9.97 Å². The van der Waals surface area contributed by atoms with Gasteiger partial charge in [-0.2, -0.15) is 18.2 Å². The molecule has 0 fully saturated rings. The van der Waals surface area contributed by atoms with Crippen LogP contribution in [0.2, 0.25) is 5.02 Å². The van der Waals surface area contributed by atoms with Crippen LogP contribution in [-0.2, 0) is 6.18 Å². The summed E-state index contributed by atoms with van der Waals surface area (Å²) in [7, 11) is 1.45. The van der Waals surface area contributed by atoms with Crippen molar-refractivity contribution in [3.8, 4) is 0 Å². The normalized spacial score (nSPS) is 11.3. The van der Waals surface area contributed by atoms with Crippen molar-refractivity contribution in [2.24, 2.45) is 0 Å². The van der Waals surface area contributed by atoms with Gasteiger partial charge >= 0.3 is 6.18 Å². The standard InChI is InChI=1S/C13H12ClF3N4/c1-7-3-4-8(5-9(7)14)19-11-6-10(13(15,16)17)20-12(18-2)21-11/h3-6H,1-2H3,(H2,18,19,20,21). The number of nitrogens with one attached hydrogen (secondary N) is 2. The van der Waals surface area contributed by atoms with E-state index in [1.54, 1.807) is 18.2 Å². The van der Waals surface area contributed by atoms with Crippen LogP contribution in [0.15, 0.2) is 24.3 Å². The molecule has 0 aliphatic heterocycles. The van der Waals surface area contributed by atoms with Crippen molar-refractivity contribution in [2.45, 2.75) is 13.1 Å². The summed E-state index contributed by atoms with van der Waals surface area (Å²) in [6, 6.07) is 5.92. The van der Waals surface area contributed by atoms with E-state index in [4.69, 9.17) is 11.6 Å². The summed E-state index contributed by atoms with van der Waals surface area (Å²) in [4.78, 5) is 7.32. The van der Waals surface area contributed by atoms with Crippen molar-refractivity contribution < 1.29 is 13.2 Å². The van der Waals surface area contributed by atoms with Gasteiger partial charge in [0.1, 0.15) is 5.82 Å². The number of hydrogen-bond donors (Lipinski definition) is 2. The average Bonchev–Trinajstić information content (AvgIpc) is 2.41. The lowest BCUT2D eigenvalue weighted by Crippen LogP contribution is -2.12. The molecule has 0 bridgehead atoms. The zero-order chi connectivity index (χ0) is 15.6. The van der Waals surface area contributed by atoms with E-state index >= 15 is 0 Å². The number of halogens is 4. The molecule has 0 aliphatic rings. The highest BCUT2D eigenvalue weighted by Gasteiger charge is 2.33. The van der Waals surface area contributed by atoms with Gasteiger partial charge in [0.05, 0.1) is 0 Å². The smallest absolute Gasteiger partial charge is 0.357 e. The quantitative estimate of drug-likeness (QED) is 0.889. The maximum absolute atomic E-state index is 12.8. The number of hydrogen-bond acceptors (Lipinski definition) is 4. The fourth-order valence-electron chi connectivity index (χ4n) is 1.59. The molecule has 2 rings (SSSR count). The largest absolute Gasteiger partial charge is 0.433 e. The van der Waals surface area contributed by atoms with Crippen LogP contribution >= 0.6 is 11.6 Å². The summed E-state index contributed by atoms with van der Waals surface area (Å²) < 4.78 is 38.3. The first-order chi connectivity index (χ1) is 9.79. The van der Waals surface area contributed by atoms with Crippen LogP contribution in [0.3, 0.4) is 0 Å². The highest BCUT2D eigenvalue weighted by Crippen LogP contribution is 2.30. The molecule has 0 spiro atoms. The molecule has 21 heavy (non-hydrogen) atoms. The molecule has 1 aromatic carbocycles. The minimum Gasteiger partial charge on any atom is -0.357 e. The molecule has 4 nitrogen and oxygen atoms in total. The second-order valence-electron chi connectivity index (χ2n) is 4.30. The molecule has 0 saturated carbocycles. The van der Waals surface area contributed by atoms with Crippen LogP contribution in [0.4, 0.5) is 30.6 Å². The van der Waals surface area contributed by atoms with Crippen LogP contribution in [0.25, 0.3) is 0 Å². The second-order valence-corrected chi connectivity index (χ2v) is 4.71. The summed E-state index contributed by atoms with van der Waals surface area (Å²) >= 11 is 5.98. The summed E-state index contributed by atoms with van der Waals surface area (Å²) in [5.41, 5.74) is 0.388. The van der Waals surface area contributed by atoms with Gasteiger partial charge in [0.15, 0.2) is 5.69 Å². The summed E-state index contributed by atoms with van der Waals surface area (Å²) in [6.45, 7) is 1.83. The third-order valence-corrected chi connectivity index (χ3v) is 3.09. The van der Waals surface area contributed by atoms with Crippen LogP contribution in [0.5, 0.6) is 0 Å². The molecule has 0 radical (unpaired) electrons. The van der Waals surface area contributed by atoms with E-state index in [9.17, 15) is 13.2 Å². The lowest BCUT2D eigenvalue weighted by Gasteiger charge is -2.12. The zero-order valence-corrected chi connectivity index (χ0v) is 12.0. The number of nitrogens with zero attached hydrogens (tertiary/aromatic N) is 2. The Morgan fingerprint density at radius 1 is 1.14 bits per heavy atom. The lowest BCUT2D eigenvalue weighted by molar-refractivity contribution is -0.141. The first-order valence-electron chi connectivity index (χ1n) is 5.97. The Kier molecular flexibility index (Phi) is 4.22. The topological polar surface area (TPSA) is 49.8 Å². The molecule has 2 aromatic rings. The van der Waals surface area contributed by atoms with E-state index in [0.29, 0.717) is 10.7 Å². The van der Waals surface area contributed by atoms with E-state index < -0.39 is 11.9 Å². The van der Waals surface area contributed by atoms with Crippen LogP contribution in [-0.4, -0.2) is 17.0 Å². The maximum Gasteiger partial charge on any atom is 0.433 e. The van der Waals surface area contributed by atoms with Gasteiger partial charge in [-0.3, -0.25) is 0 Å². The van der Waals surface area contributed by atoms with Crippen molar-refractivity contribution in [3.63, 3.8) is 0 Å². The Morgan fingerprint density at radius 2 is 1.86 bits per heavy atom. The fraction of sp³-hybridized carbons (Fsp3) is 0.231. The van der Waals surface area contributed by atoms with Gasteiger partial charge in [-0.05, 0) is 24.6 Å². The number of alkyl halides is 3. The zero-order valence-electron chi connectivity index (χ0n) is 11.2. The SMILES string of the molecule is CNc1nc(Nc2ccc(C)c(Cl)c2)cc(C(F)(F)F)n1. The molecule has 0 atom stereocenters. The van der Waals surface area contributed by atoms with Crippen LogP contribution in [0, 0.1) is 6.92 Å². The van der Waals surface area contributed by atoms with Crippen LogP contribution < -0.4 is 10.6 Å². The predicted molar refractivity (Wildman–Crippen MR) is 76.1 cm³/mol. The van der Waals surface area contributed by atoms with Gasteiger partial charge in [-0.25, -0.2) is 4.98 Å². The Hall–Kier alpha value is -2.02. The van der Waals surface area contributed by atoms with E-state index in [1.165, 1.54) is 7.05 Å². The highest BCUT2D eigenvalue weighted by atomic mass is 35.5. The van der Waals surface area contributed by atoms with E-state index in [1.807, 2.05) is 6.92 Å². The number of aryl methyl sites for hydroxylation is 1. The van der Waals surface area contributed by atoms with Gasteiger partial charge < -0.3 is 10.6 Å². The molecule has 0 saturated heterocycles. The van der Waals surface area contributed by atoms with Crippen molar-refractivity contribution in [3.05, 3.63) is 40.5 Å². The van der Waals surface area contributed by atoms with Gasteiger partial charge in [0.25, 0.3) is 0 Å². The van der Waals surface area contributed by atoms with Gasteiger partial charge in [0.2, 0.25) is 5.95 Å². The minimum absolute atomic E-state index is 0.0293. The summed E-state index contributed by atoms with van der Waals surface area (Å²) in [6.07, 6.45) is -4.55. The number of rotatable bonds is 3. The molecule has 0 aliphatic carbocycles. The van der Waals surface area contributed by atoms with E-state index in [2.05, 4.69) is 20.6 Å². The average molecular weight is 317 g/mol. The molecular formula is C13H12ClF3N4. The Balaban J connectivity index is 2.36. The molecule has 112 valence electrons. The molecule has 0 unspecified atom stereocenters. The van der Waals surface area contributed by atoms with Gasteiger partial charge in [0, 0.05) is 23.8 Å². The van der Waals surface area contributed by atoms with Crippen molar-refractivity contribution in [2.75, 3.05) is 17.7 Å². The van der Waals surface area contributed by atoms with E-state index in [0.717, 1.165) is 11.6 Å². The first-order valence-corrected chi connectivity index (χ1v) is 6.34. The van der Waals surface area contributed by atoms with Crippen molar-refractivity contribution >= 4 is 29.1 Å². The Morgan fingerprint density at radius 3 is 2.43 bits per heavy atom. The first kappa shape index (κ1) is 15.4. The number of anilines is 3. The molecule has 8 heteroatoms. The summed E-state index contributed by atoms with van der Waals surface area (Å²) in [5.74, 6) is -0.0906. The molecule has 0 amide bonds. The molecule has 1 heterocycles. The van der Waals surface area contributed by atoms with E-state index in [-0.39, 0.29) is 11.8 Å². The molecule has 1 aromatic heterocycles. The third-order valence-electron chi connectivity index (χ3n) is 2.68. The maximum atomic E-state index is 12.8. The second kappa shape index (κ2) is 5.77. The lowest BCUT2D eigenvalue weighted by atomic mass is 10.2. The summed E-state index contributed by atoms with van der Waals surface area (Å²) in [5, 5.41) is 5.79. The fourth-order valence-corrected chi connectivity index (χ4v) is 1.77. The number of benzene rings is 1. The van der Waals surface area contributed by atoms with Crippen molar-refractivity contribution in [1.29, 1.82) is 0 Å². The highest BCUT2D eigenvalue weighted by molar-refractivity contribution is 6.31. The van der Waals surface area contributed by atoms with Gasteiger partial charge in [-0.1, -0.05) is 17.7 Å². The number of aromatic nitrogens is 2. The predicted octanol–water partition coefficient (Wildman–Crippen LogP) is 4.24. The molecule has 2 N–H and O–H groups in total. The third kappa shape index (κ3) is 3.75. The van der Waals surface area contributed by atoms with Gasteiger partial charge in [-0.15, -0.1) is 0 Å². The monoisotopic (exact) mass is 316 g/mol. The Labute approximate surface area is 124 Å². The minimum atomic E-state index is -4.55.